The predicted octanol–water partition coefficient (Wildman–Crippen LogP) is 2.04. The second-order valence-electron chi connectivity index (χ2n) is 6.78. The van der Waals surface area contributed by atoms with Crippen molar-refractivity contribution in [1.29, 1.82) is 0 Å². The van der Waals surface area contributed by atoms with Crippen LogP contribution in [0, 0.1) is 0 Å². The van der Waals surface area contributed by atoms with Gasteiger partial charge in [-0.1, -0.05) is 18.2 Å². The zero-order chi connectivity index (χ0) is 20.2. The second kappa shape index (κ2) is 6.42. The van der Waals surface area contributed by atoms with Gasteiger partial charge in [-0.05, 0) is 29.5 Å². The Balaban J connectivity index is 1.65. The standard InChI is InChI=1S/C18H17N7O2S2/c19-16-14-8-21-25(17(14)23-18(20)22-16)12-7-11-3-1-2-4-15(11)24(9-12)29(26,27)13-5-6-28-10-13/h1-6,8,10,12H,7,9H2,(H4,19,20,22,23). The molecular weight excluding hydrogens is 410 g/mol. The molecule has 1 unspecified atom stereocenters. The van der Waals surface area contributed by atoms with Crippen molar-refractivity contribution in [2.45, 2.75) is 17.4 Å². The molecule has 1 aromatic carbocycles. The molecule has 0 radical (unpaired) electrons. The van der Waals surface area contributed by atoms with Crippen LogP contribution in [0.5, 0.6) is 0 Å². The third-order valence-electron chi connectivity index (χ3n) is 5.02. The highest BCUT2D eigenvalue weighted by atomic mass is 32.2. The maximum Gasteiger partial charge on any atom is 0.265 e. The van der Waals surface area contributed by atoms with Gasteiger partial charge in [0.25, 0.3) is 10.0 Å². The first-order valence-corrected chi connectivity index (χ1v) is 11.2. The lowest BCUT2D eigenvalue weighted by Crippen LogP contribution is -2.41. The zero-order valence-electron chi connectivity index (χ0n) is 15.1. The van der Waals surface area contributed by atoms with E-state index in [9.17, 15) is 8.42 Å². The molecule has 9 nitrogen and oxygen atoms in total. The van der Waals surface area contributed by atoms with Crippen molar-refractivity contribution in [1.82, 2.24) is 19.7 Å². The minimum Gasteiger partial charge on any atom is -0.383 e. The number of hydrogen-bond acceptors (Lipinski definition) is 8. The summed E-state index contributed by atoms with van der Waals surface area (Å²) >= 11 is 1.35. The highest BCUT2D eigenvalue weighted by Gasteiger charge is 2.35. The van der Waals surface area contributed by atoms with Gasteiger partial charge in [-0.3, -0.25) is 4.31 Å². The minimum atomic E-state index is -3.71. The van der Waals surface area contributed by atoms with Gasteiger partial charge in [-0.15, -0.1) is 0 Å². The van der Waals surface area contributed by atoms with Crippen molar-refractivity contribution in [3.63, 3.8) is 0 Å². The van der Waals surface area contributed by atoms with Crippen LogP contribution < -0.4 is 15.8 Å². The smallest absolute Gasteiger partial charge is 0.265 e. The van der Waals surface area contributed by atoms with Crippen LogP contribution in [0.4, 0.5) is 17.5 Å². The SMILES string of the molecule is Nc1nc(N)c2cnn(C3Cc4ccccc4N(S(=O)(=O)c4ccsc4)C3)c2n1. The van der Waals surface area contributed by atoms with Gasteiger partial charge in [-0.25, -0.2) is 13.1 Å². The van der Waals surface area contributed by atoms with Crippen molar-refractivity contribution in [3.05, 3.63) is 52.9 Å². The van der Waals surface area contributed by atoms with Crippen LogP contribution >= 0.6 is 11.3 Å². The van der Waals surface area contributed by atoms with E-state index in [1.54, 1.807) is 27.7 Å². The summed E-state index contributed by atoms with van der Waals surface area (Å²) in [5.41, 5.74) is 13.8. The Morgan fingerprint density at radius 2 is 1.97 bits per heavy atom. The van der Waals surface area contributed by atoms with Gasteiger partial charge in [0.1, 0.15) is 5.82 Å². The summed E-state index contributed by atoms with van der Waals surface area (Å²) in [4.78, 5) is 8.53. The van der Waals surface area contributed by atoms with Gasteiger partial charge >= 0.3 is 0 Å². The molecule has 4 N–H and O–H groups in total. The summed E-state index contributed by atoms with van der Waals surface area (Å²) in [5, 5.41) is 8.41. The number of sulfonamides is 1. The van der Waals surface area contributed by atoms with E-state index in [2.05, 4.69) is 15.1 Å². The maximum atomic E-state index is 13.3. The molecule has 4 aromatic rings. The fourth-order valence-electron chi connectivity index (χ4n) is 3.68. The molecular formula is C18H17N7O2S2. The van der Waals surface area contributed by atoms with E-state index in [1.807, 2.05) is 24.3 Å². The van der Waals surface area contributed by atoms with Crippen LogP contribution in [-0.2, 0) is 16.4 Å². The lowest BCUT2D eigenvalue weighted by Gasteiger charge is -2.35. The summed E-state index contributed by atoms with van der Waals surface area (Å²) in [7, 11) is -3.71. The Bertz CT molecular complexity index is 1320. The number of rotatable bonds is 3. The van der Waals surface area contributed by atoms with Gasteiger partial charge in [0.05, 0.1) is 34.8 Å². The van der Waals surface area contributed by atoms with E-state index < -0.39 is 10.0 Å². The van der Waals surface area contributed by atoms with Crippen LogP contribution in [0.15, 0.2) is 52.2 Å². The third-order valence-corrected chi connectivity index (χ3v) is 7.63. The highest BCUT2D eigenvalue weighted by molar-refractivity contribution is 7.93. The first-order valence-electron chi connectivity index (χ1n) is 8.84. The molecule has 29 heavy (non-hydrogen) atoms. The number of hydrogen-bond donors (Lipinski definition) is 2. The lowest BCUT2D eigenvalue weighted by atomic mass is 10.00. The fraction of sp³-hybridized carbons (Fsp3) is 0.167. The molecule has 148 valence electrons. The van der Waals surface area contributed by atoms with E-state index in [0.29, 0.717) is 23.1 Å². The summed E-state index contributed by atoms with van der Waals surface area (Å²) in [6.45, 7) is 0.218. The zero-order valence-corrected chi connectivity index (χ0v) is 16.8. The average Bonchev–Trinajstić information content (AvgIpc) is 3.37. The number of para-hydroxylation sites is 1. The van der Waals surface area contributed by atoms with Gasteiger partial charge in [0.2, 0.25) is 5.95 Å². The fourth-order valence-corrected chi connectivity index (χ4v) is 6.24. The molecule has 0 fully saturated rings. The van der Waals surface area contributed by atoms with Crippen molar-refractivity contribution < 1.29 is 8.42 Å². The van der Waals surface area contributed by atoms with E-state index in [4.69, 9.17) is 11.5 Å². The molecule has 1 atom stereocenters. The van der Waals surface area contributed by atoms with Gasteiger partial charge in [-0.2, -0.15) is 26.4 Å². The van der Waals surface area contributed by atoms with Crippen molar-refractivity contribution in [3.8, 4) is 0 Å². The Labute approximate surface area is 170 Å². The molecule has 1 aliphatic heterocycles. The number of aromatic nitrogens is 4. The van der Waals surface area contributed by atoms with Gasteiger partial charge in [0.15, 0.2) is 5.65 Å². The van der Waals surface area contributed by atoms with Crippen LogP contribution in [0.2, 0.25) is 0 Å². The molecule has 4 heterocycles. The molecule has 0 amide bonds. The van der Waals surface area contributed by atoms with Crippen molar-refractivity contribution >= 4 is 49.8 Å². The monoisotopic (exact) mass is 427 g/mol. The number of nitrogen functional groups attached to an aromatic ring is 2. The first kappa shape index (κ1) is 17.9. The van der Waals surface area contributed by atoms with Gasteiger partial charge < -0.3 is 11.5 Å². The van der Waals surface area contributed by atoms with Crippen LogP contribution in [0.25, 0.3) is 11.0 Å². The van der Waals surface area contributed by atoms with E-state index in [1.165, 1.54) is 15.6 Å². The second-order valence-corrected chi connectivity index (χ2v) is 9.42. The molecule has 0 saturated heterocycles. The van der Waals surface area contributed by atoms with Crippen LogP contribution in [-0.4, -0.2) is 34.7 Å². The topological polar surface area (TPSA) is 133 Å². The Morgan fingerprint density at radius 1 is 1.14 bits per heavy atom. The van der Waals surface area contributed by atoms with Crippen LogP contribution in [0.1, 0.15) is 11.6 Å². The van der Waals surface area contributed by atoms with E-state index in [-0.39, 0.29) is 29.2 Å². The van der Waals surface area contributed by atoms with Crippen molar-refractivity contribution in [2.75, 3.05) is 22.3 Å². The number of thiophene rings is 1. The molecule has 0 aliphatic carbocycles. The van der Waals surface area contributed by atoms with E-state index in [0.717, 1.165) is 5.56 Å². The van der Waals surface area contributed by atoms with E-state index >= 15 is 0 Å². The van der Waals surface area contributed by atoms with Crippen molar-refractivity contribution in [2.24, 2.45) is 0 Å². The molecule has 0 spiro atoms. The normalized spacial score (nSPS) is 16.8. The largest absolute Gasteiger partial charge is 0.383 e. The summed E-state index contributed by atoms with van der Waals surface area (Å²) in [6.07, 6.45) is 2.19. The summed E-state index contributed by atoms with van der Waals surface area (Å²) in [6, 6.07) is 8.84. The Morgan fingerprint density at radius 3 is 2.76 bits per heavy atom. The van der Waals surface area contributed by atoms with Crippen LogP contribution in [0.3, 0.4) is 0 Å². The molecule has 0 saturated carbocycles. The number of anilines is 3. The predicted molar refractivity (Wildman–Crippen MR) is 112 cm³/mol. The molecule has 0 bridgehead atoms. The number of nitrogens with two attached hydrogens (primary N) is 2. The molecule has 1 aliphatic rings. The average molecular weight is 428 g/mol. The number of benzene rings is 1. The Hall–Kier alpha value is -3.18. The maximum absolute atomic E-state index is 13.3. The molecule has 11 heteroatoms. The molecule has 3 aromatic heterocycles. The van der Waals surface area contributed by atoms with Gasteiger partial charge in [0, 0.05) is 5.38 Å². The summed E-state index contributed by atoms with van der Waals surface area (Å²) in [5.74, 6) is 0.299. The molecule has 5 rings (SSSR count). The highest BCUT2D eigenvalue weighted by Crippen LogP contribution is 2.37. The summed E-state index contributed by atoms with van der Waals surface area (Å²) < 4.78 is 29.8. The minimum absolute atomic E-state index is 0.0516. The lowest BCUT2D eigenvalue weighted by molar-refractivity contribution is 0.456. The first-order chi connectivity index (χ1) is 13.9. The third kappa shape index (κ3) is 2.81. The number of nitrogens with zero attached hydrogens (tertiary/aromatic N) is 5. The Kier molecular flexibility index (Phi) is 3.96. The quantitative estimate of drug-likeness (QED) is 0.511. The number of fused-ring (bicyclic) bond motifs is 2.